The van der Waals surface area contributed by atoms with E-state index in [1.165, 1.54) is 0 Å². The van der Waals surface area contributed by atoms with Gasteiger partial charge in [-0.2, -0.15) is 5.10 Å². The Hall–Kier alpha value is -1.68. The molecule has 1 unspecified atom stereocenters. The first-order valence-corrected chi connectivity index (χ1v) is 5.30. The smallest absolute Gasteiger partial charge is 0.273 e. The Labute approximate surface area is 95.0 Å². The Morgan fingerprint density at radius 2 is 2.19 bits per heavy atom. The van der Waals surface area contributed by atoms with Gasteiger partial charge < -0.3 is 5.11 Å². The van der Waals surface area contributed by atoms with E-state index in [0.29, 0.717) is 5.56 Å². The molecule has 0 saturated heterocycles. The lowest BCUT2D eigenvalue weighted by molar-refractivity contribution is -0.129. The summed E-state index contributed by atoms with van der Waals surface area (Å²) in [5.41, 5.74) is 2.86. The molecule has 16 heavy (non-hydrogen) atoms. The summed E-state index contributed by atoms with van der Waals surface area (Å²) in [5, 5.41) is 13.4. The van der Waals surface area contributed by atoms with Crippen LogP contribution >= 0.6 is 0 Å². The largest absolute Gasteiger partial charge is 0.378 e. The molecule has 0 aliphatic rings. The van der Waals surface area contributed by atoms with Crippen molar-refractivity contribution < 1.29 is 9.90 Å². The number of nitrogens with zero attached hydrogens (tertiary/aromatic N) is 1. The van der Waals surface area contributed by atoms with Crippen LogP contribution in [0.15, 0.2) is 35.4 Å². The lowest BCUT2D eigenvalue weighted by Crippen LogP contribution is -2.25. The summed E-state index contributed by atoms with van der Waals surface area (Å²) in [5.74, 6) is -0.515. The summed E-state index contributed by atoms with van der Waals surface area (Å²) in [7, 11) is 0. The van der Waals surface area contributed by atoms with E-state index in [1.807, 2.05) is 13.0 Å². The van der Waals surface area contributed by atoms with Crippen LogP contribution in [0.2, 0.25) is 0 Å². The van der Waals surface area contributed by atoms with Crippen LogP contribution in [0, 0.1) is 0 Å². The first-order valence-electron chi connectivity index (χ1n) is 5.30. The van der Waals surface area contributed by atoms with Gasteiger partial charge in [-0.25, -0.2) is 5.43 Å². The molecule has 0 radical (unpaired) electrons. The number of rotatable bonds is 5. The number of benzene rings is 1. The predicted octanol–water partition coefficient (Wildman–Crippen LogP) is 1.62. The minimum atomic E-state index is -1.17. The maximum absolute atomic E-state index is 11.4. The predicted molar refractivity (Wildman–Crippen MR) is 62.9 cm³/mol. The second-order valence-corrected chi connectivity index (χ2v) is 3.39. The summed E-state index contributed by atoms with van der Waals surface area (Å²) in [6, 6.07) is 8.76. The van der Waals surface area contributed by atoms with Crippen molar-refractivity contribution in [3.63, 3.8) is 0 Å². The number of hydrogen-bond donors (Lipinski definition) is 2. The highest BCUT2D eigenvalue weighted by Gasteiger charge is 2.15. The fourth-order valence-corrected chi connectivity index (χ4v) is 1.15. The molecule has 1 aromatic rings. The highest BCUT2D eigenvalue weighted by molar-refractivity contribution is 5.82. The summed E-state index contributed by atoms with van der Waals surface area (Å²) < 4.78 is 0. The van der Waals surface area contributed by atoms with Crippen LogP contribution < -0.4 is 5.43 Å². The van der Waals surface area contributed by atoms with Crippen LogP contribution in [0.3, 0.4) is 0 Å². The van der Waals surface area contributed by atoms with Crippen LogP contribution in [-0.4, -0.2) is 17.2 Å². The van der Waals surface area contributed by atoms with Crippen molar-refractivity contribution in [3.8, 4) is 0 Å². The molecule has 0 aliphatic heterocycles. The third-order valence-electron chi connectivity index (χ3n) is 2.05. The molecular weight excluding hydrogens is 204 g/mol. The van der Waals surface area contributed by atoms with Gasteiger partial charge in [0.2, 0.25) is 0 Å². The lowest BCUT2D eigenvalue weighted by atomic mass is 10.1. The summed E-state index contributed by atoms with van der Waals surface area (Å²) in [6.07, 6.45) is 2.23. The fourth-order valence-electron chi connectivity index (χ4n) is 1.15. The maximum Gasteiger partial charge on any atom is 0.273 e. The quantitative estimate of drug-likeness (QED) is 0.585. The average molecular weight is 220 g/mol. The number of unbranched alkanes of at least 4 members (excludes halogenated alkanes) is 1. The van der Waals surface area contributed by atoms with E-state index in [4.69, 9.17) is 0 Å². The van der Waals surface area contributed by atoms with Gasteiger partial charge in [0.25, 0.3) is 5.91 Å². The van der Waals surface area contributed by atoms with Crippen LogP contribution in [0.4, 0.5) is 0 Å². The molecule has 0 bridgehead atoms. The van der Waals surface area contributed by atoms with Crippen molar-refractivity contribution in [1.82, 2.24) is 5.43 Å². The van der Waals surface area contributed by atoms with Crippen molar-refractivity contribution in [2.75, 3.05) is 0 Å². The first-order chi connectivity index (χ1) is 7.75. The summed E-state index contributed by atoms with van der Waals surface area (Å²) >= 11 is 0. The van der Waals surface area contributed by atoms with Crippen LogP contribution in [-0.2, 0) is 4.79 Å². The molecule has 2 N–H and O–H groups in total. The van der Waals surface area contributed by atoms with E-state index in [-0.39, 0.29) is 0 Å². The monoisotopic (exact) mass is 220 g/mol. The number of hydrogen-bond acceptors (Lipinski definition) is 3. The van der Waals surface area contributed by atoms with Crippen LogP contribution in [0.5, 0.6) is 0 Å². The van der Waals surface area contributed by atoms with Gasteiger partial charge in [-0.1, -0.05) is 43.7 Å². The van der Waals surface area contributed by atoms with Crippen LogP contribution in [0.1, 0.15) is 31.4 Å². The molecule has 4 nitrogen and oxygen atoms in total. The number of aliphatic hydroxyl groups excluding tert-OH is 1. The lowest BCUT2D eigenvalue weighted by Gasteiger charge is -2.08. The fraction of sp³-hybridized carbons (Fsp3) is 0.333. The molecule has 0 saturated carbocycles. The Bertz CT molecular complexity index is 349. The Morgan fingerprint density at radius 3 is 2.81 bits per heavy atom. The SMILES string of the molecule is CCC/C=N/NC(=O)C(O)c1ccccc1. The number of nitrogens with one attached hydrogen (secondary N) is 1. The van der Waals surface area contributed by atoms with E-state index in [2.05, 4.69) is 10.5 Å². The van der Waals surface area contributed by atoms with E-state index in [9.17, 15) is 9.90 Å². The first kappa shape index (κ1) is 12.4. The minimum Gasteiger partial charge on any atom is -0.378 e. The standard InChI is InChI=1S/C12H16N2O2/c1-2-3-9-13-14-12(16)11(15)10-7-5-4-6-8-10/h4-9,11,15H,2-3H2,1H3,(H,14,16)/b13-9+. The average Bonchev–Trinajstić information content (AvgIpc) is 2.34. The molecule has 0 aromatic heterocycles. The number of amides is 1. The number of hydrazone groups is 1. The molecule has 1 aromatic carbocycles. The van der Waals surface area contributed by atoms with Crippen molar-refractivity contribution in [1.29, 1.82) is 0 Å². The molecule has 1 amide bonds. The molecule has 0 heterocycles. The Kier molecular flexibility index (Phi) is 5.22. The van der Waals surface area contributed by atoms with Gasteiger partial charge in [0, 0.05) is 6.21 Å². The highest BCUT2D eigenvalue weighted by atomic mass is 16.3. The third-order valence-corrected chi connectivity index (χ3v) is 2.05. The Morgan fingerprint density at radius 1 is 1.50 bits per heavy atom. The second kappa shape index (κ2) is 6.74. The van der Waals surface area contributed by atoms with Gasteiger partial charge in [0.15, 0.2) is 6.10 Å². The van der Waals surface area contributed by atoms with E-state index in [1.54, 1.807) is 30.5 Å². The molecule has 1 rings (SSSR count). The third kappa shape index (κ3) is 3.82. The van der Waals surface area contributed by atoms with Gasteiger partial charge in [0.05, 0.1) is 0 Å². The topological polar surface area (TPSA) is 61.7 Å². The van der Waals surface area contributed by atoms with Crippen molar-refractivity contribution in [2.24, 2.45) is 5.10 Å². The molecule has 0 spiro atoms. The molecule has 0 fully saturated rings. The molecule has 4 heteroatoms. The Balaban J connectivity index is 2.48. The zero-order valence-electron chi connectivity index (χ0n) is 9.26. The highest BCUT2D eigenvalue weighted by Crippen LogP contribution is 2.11. The maximum atomic E-state index is 11.4. The molecule has 0 aliphatic carbocycles. The number of carbonyl (C=O) groups is 1. The van der Waals surface area contributed by atoms with Crippen LogP contribution in [0.25, 0.3) is 0 Å². The minimum absolute atomic E-state index is 0.515. The second-order valence-electron chi connectivity index (χ2n) is 3.39. The summed E-state index contributed by atoms with van der Waals surface area (Å²) in [4.78, 5) is 11.4. The number of carbonyl (C=O) groups excluding carboxylic acids is 1. The van der Waals surface area contributed by atoms with Gasteiger partial charge in [-0.3, -0.25) is 4.79 Å². The van der Waals surface area contributed by atoms with E-state index >= 15 is 0 Å². The van der Waals surface area contributed by atoms with Gasteiger partial charge in [0.1, 0.15) is 0 Å². The van der Waals surface area contributed by atoms with Gasteiger partial charge in [-0.15, -0.1) is 0 Å². The molecule has 1 atom stereocenters. The van der Waals surface area contributed by atoms with E-state index in [0.717, 1.165) is 12.8 Å². The van der Waals surface area contributed by atoms with Crippen molar-refractivity contribution in [2.45, 2.75) is 25.9 Å². The van der Waals surface area contributed by atoms with Crippen molar-refractivity contribution in [3.05, 3.63) is 35.9 Å². The zero-order valence-corrected chi connectivity index (χ0v) is 9.26. The van der Waals surface area contributed by atoms with Gasteiger partial charge >= 0.3 is 0 Å². The van der Waals surface area contributed by atoms with E-state index < -0.39 is 12.0 Å². The number of aliphatic hydroxyl groups is 1. The van der Waals surface area contributed by atoms with Crippen molar-refractivity contribution >= 4 is 12.1 Å². The summed E-state index contributed by atoms with van der Waals surface area (Å²) in [6.45, 7) is 2.02. The van der Waals surface area contributed by atoms with Gasteiger partial charge in [-0.05, 0) is 12.0 Å². The molecule has 86 valence electrons. The normalized spacial score (nSPS) is 12.6. The molecular formula is C12H16N2O2. The zero-order chi connectivity index (χ0) is 11.8.